The van der Waals surface area contributed by atoms with Crippen LogP contribution in [-0.2, 0) is 4.74 Å². The van der Waals surface area contributed by atoms with Gasteiger partial charge < -0.3 is 14.7 Å². The Kier molecular flexibility index (Phi) is 7.96. The number of ether oxygens (including phenoxy) is 1. The van der Waals surface area contributed by atoms with Gasteiger partial charge in [0.1, 0.15) is 5.82 Å². The van der Waals surface area contributed by atoms with Crippen LogP contribution in [0.5, 0.6) is 0 Å². The van der Waals surface area contributed by atoms with E-state index in [0.717, 1.165) is 12.1 Å². The fourth-order valence-electron chi connectivity index (χ4n) is 3.78. The van der Waals surface area contributed by atoms with Crippen molar-refractivity contribution < 1.29 is 19.0 Å². The van der Waals surface area contributed by atoms with Gasteiger partial charge in [-0.1, -0.05) is 44.2 Å². The molecule has 0 saturated carbocycles. The summed E-state index contributed by atoms with van der Waals surface area (Å²) in [5.74, 6) is -0.173. The lowest BCUT2D eigenvalue weighted by Crippen LogP contribution is -2.50. The van der Waals surface area contributed by atoms with E-state index in [1.54, 1.807) is 4.90 Å². The zero-order valence-electron chi connectivity index (χ0n) is 17.7. The fourth-order valence-corrected chi connectivity index (χ4v) is 3.78. The summed E-state index contributed by atoms with van der Waals surface area (Å²) in [6, 6.07) is 15.3. The molecule has 0 bridgehead atoms. The number of carbonyl (C=O) groups is 1. The molecule has 2 aromatic carbocycles. The van der Waals surface area contributed by atoms with Gasteiger partial charge in [0.15, 0.2) is 0 Å². The molecule has 2 atom stereocenters. The number of hydrogen-bond donors (Lipinski definition) is 1. The number of halogens is 1. The van der Waals surface area contributed by atoms with Crippen LogP contribution in [0.3, 0.4) is 0 Å². The van der Waals surface area contributed by atoms with Crippen LogP contribution in [0.4, 0.5) is 4.39 Å². The zero-order chi connectivity index (χ0) is 21.5. The summed E-state index contributed by atoms with van der Waals surface area (Å²) in [6.07, 6.45) is -0.692. The van der Waals surface area contributed by atoms with Crippen molar-refractivity contribution in [3.8, 4) is 0 Å². The van der Waals surface area contributed by atoms with Crippen molar-refractivity contribution in [1.29, 1.82) is 0 Å². The Hall–Kier alpha value is -2.28. The number of benzene rings is 2. The number of nitrogens with zero attached hydrogens (tertiary/aromatic N) is 2. The molecule has 2 unspecified atom stereocenters. The number of rotatable bonds is 8. The number of morpholine rings is 1. The van der Waals surface area contributed by atoms with Gasteiger partial charge in [0.2, 0.25) is 0 Å². The van der Waals surface area contributed by atoms with Crippen LogP contribution in [0, 0.1) is 11.7 Å². The molecular formula is C24H31FN2O3. The Bertz CT molecular complexity index is 798. The standard InChI is InChI=1S/C24H31FN2O3/c1-18(2)14-27(24(29)20-8-10-21(25)11-9-20)16-22-15-26(12-13-30-22)17-23(28)19-6-4-3-5-7-19/h3-11,18,22-23,28H,12-17H2,1-2H3. The lowest BCUT2D eigenvalue weighted by Gasteiger charge is -2.37. The van der Waals surface area contributed by atoms with Gasteiger partial charge in [-0.05, 0) is 35.7 Å². The first kappa shape index (κ1) is 22.4. The lowest BCUT2D eigenvalue weighted by atomic mass is 10.1. The summed E-state index contributed by atoms with van der Waals surface area (Å²) >= 11 is 0. The minimum atomic E-state index is -0.558. The van der Waals surface area contributed by atoms with Crippen LogP contribution in [0.1, 0.15) is 35.9 Å². The molecule has 0 spiro atoms. The van der Waals surface area contributed by atoms with Crippen molar-refractivity contribution in [2.24, 2.45) is 5.92 Å². The van der Waals surface area contributed by atoms with Gasteiger partial charge >= 0.3 is 0 Å². The molecule has 30 heavy (non-hydrogen) atoms. The third-order valence-electron chi connectivity index (χ3n) is 5.23. The summed E-state index contributed by atoms with van der Waals surface area (Å²) in [7, 11) is 0. The number of aliphatic hydroxyl groups excluding tert-OH is 1. The second-order valence-corrected chi connectivity index (χ2v) is 8.29. The van der Waals surface area contributed by atoms with Crippen LogP contribution in [0.25, 0.3) is 0 Å². The fraction of sp³-hybridized carbons (Fsp3) is 0.458. The first-order chi connectivity index (χ1) is 14.4. The number of amides is 1. The SMILES string of the molecule is CC(C)CN(CC1CN(CC(O)c2ccccc2)CCO1)C(=O)c1ccc(F)cc1. The molecule has 1 amide bonds. The van der Waals surface area contributed by atoms with Crippen molar-refractivity contribution >= 4 is 5.91 Å². The quantitative estimate of drug-likeness (QED) is 0.720. The highest BCUT2D eigenvalue weighted by Crippen LogP contribution is 2.17. The first-order valence-electron chi connectivity index (χ1n) is 10.5. The molecule has 0 aliphatic carbocycles. The van der Waals surface area contributed by atoms with E-state index in [1.165, 1.54) is 24.3 Å². The molecule has 1 aliphatic heterocycles. The Balaban J connectivity index is 1.62. The maximum atomic E-state index is 13.2. The van der Waals surface area contributed by atoms with Crippen molar-refractivity contribution in [2.75, 3.05) is 39.3 Å². The maximum Gasteiger partial charge on any atom is 0.253 e. The normalized spacial score (nSPS) is 18.4. The van der Waals surface area contributed by atoms with Crippen LogP contribution in [0.15, 0.2) is 54.6 Å². The average Bonchev–Trinajstić information content (AvgIpc) is 2.74. The van der Waals surface area contributed by atoms with E-state index in [9.17, 15) is 14.3 Å². The van der Waals surface area contributed by atoms with Gasteiger partial charge in [0, 0.05) is 38.3 Å². The Morgan fingerprint density at radius 3 is 2.57 bits per heavy atom. The van der Waals surface area contributed by atoms with Crippen LogP contribution < -0.4 is 0 Å². The predicted octanol–water partition coefficient (Wildman–Crippen LogP) is 3.36. The van der Waals surface area contributed by atoms with Crippen molar-refractivity contribution in [3.05, 3.63) is 71.5 Å². The molecule has 1 heterocycles. The molecule has 1 aliphatic rings. The van der Waals surface area contributed by atoms with Crippen molar-refractivity contribution in [1.82, 2.24) is 9.80 Å². The summed E-state index contributed by atoms with van der Waals surface area (Å²) in [6.45, 7) is 7.68. The molecule has 5 nitrogen and oxygen atoms in total. The Morgan fingerprint density at radius 2 is 1.90 bits per heavy atom. The van der Waals surface area contributed by atoms with E-state index >= 15 is 0 Å². The maximum absolute atomic E-state index is 13.2. The number of carbonyl (C=O) groups excluding carboxylic acids is 1. The lowest BCUT2D eigenvalue weighted by molar-refractivity contribution is -0.0514. The second kappa shape index (κ2) is 10.7. The highest BCUT2D eigenvalue weighted by molar-refractivity contribution is 5.94. The van der Waals surface area contributed by atoms with Gasteiger partial charge in [0.05, 0.1) is 18.8 Å². The van der Waals surface area contributed by atoms with E-state index in [1.807, 2.05) is 30.3 Å². The Morgan fingerprint density at radius 1 is 1.20 bits per heavy atom. The van der Waals surface area contributed by atoms with E-state index in [4.69, 9.17) is 4.74 Å². The molecule has 0 aromatic heterocycles. The van der Waals surface area contributed by atoms with Gasteiger partial charge in [-0.25, -0.2) is 4.39 Å². The minimum absolute atomic E-state index is 0.117. The summed E-state index contributed by atoms with van der Waals surface area (Å²) < 4.78 is 19.2. The van der Waals surface area contributed by atoms with Crippen molar-refractivity contribution in [3.63, 3.8) is 0 Å². The van der Waals surface area contributed by atoms with E-state index in [2.05, 4.69) is 18.7 Å². The monoisotopic (exact) mass is 414 g/mol. The Labute approximate surface area is 178 Å². The number of aliphatic hydroxyl groups is 1. The second-order valence-electron chi connectivity index (χ2n) is 8.29. The van der Waals surface area contributed by atoms with E-state index in [-0.39, 0.29) is 17.8 Å². The molecular weight excluding hydrogens is 383 g/mol. The van der Waals surface area contributed by atoms with Gasteiger partial charge in [0.25, 0.3) is 5.91 Å². The molecule has 3 rings (SSSR count). The third-order valence-corrected chi connectivity index (χ3v) is 5.23. The molecule has 1 N–H and O–H groups in total. The minimum Gasteiger partial charge on any atom is -0.387 e. The largest absolute Gasteiger partial charge is 0.387 e. The van der Waals surface area contributed by atoms with Crippen LogP contribution >= 0.6 is 0 Å². The highest BCUT2D eigenvalue weighted by atomic mass is 19.1. The average molecular weight is 415 g/mol. The van der Waals surface area contributed by atoms with Crippen LogP contribution in [-0.4, -0.2) is 66.2 Å². The van der Waals surface area contributed by atoms with Crippen molar-refractivity contribution in [2.45, 2.75) is 26.1 Å². The van der Waals surface area contributed by atoms with Gasteiger partial charge in [-0.3, -0.25) is 9.69 Å². The predicted molar refractivity (Wildman–Crippen MR) is 115 cm³/mol. The topological polar surface area (TPSA) is 53.0 Å². The molecule has 1 saturated heterocycles. The van der Waals surface area contributed by atoms with E-state index < -0.39 is 6.10 Å². The van der Waals surface area contributed by atoms with E-state index in [0.29, 0.717) is 44.3 Å². The van der Waals surface area contributed by atoms with Gasteiger partial charge in [-0.15, -0.1) is 0 Å². The summed E-state index contributed by atoms with van der Waals surface area (Å²) in [5.41, 5.74) is 1.37. The summed E-state index contributed by atoms with van der Waals surface area (Å²) in [4.78, 5) is 17.0. The smallest absolute Gasteiger partial charge is 0.253 e. The molecule has 2 aromatic rings. The van der Waals surface area contributed by atoms with Crippen LogP contribution in [0.2, 0.25) is 0 Å². The van der Waals surface area contributed by atoms with Gasteiger partial charge in [-0.2, -0.15) is 0 Å². The third kappa shape index (κ3) is 6.36. The zero-order valence-corrected chi connectivity index (χ0v) is 17.7. The highest BCUT2D eigenvalue weighted by Gasteiger charge is 2.27. The molecule has 1 fully saturated rings. The number of hydrogen-bond acceptors (Lipinski definition) is 4. The summed E-state index contributed by atoms with van der Waals surface area (Å²) in [5, 5.41) is 10.5. The molecule has 0 radical (unpaired) electrons. The molecule has 6 heteroatoms. The molecule has 162 valence electrons. The first-order valence-corrected chi connectivity index (χ1v) is 10.5. The number of β-amino-alcohol motifs (C(OH)–C–C–N with tert-alkyl or cyclic N) is 1.